The predicted octanol–water partition coefficient (Wildman–Crippen LogP) is 8.93. The first-order valence-corrected chi connectivity index (χ1v) is 12.9. The molecule has 0 heterocycles. The number of nitrogens with zero attached hydrogens (tertiary/aromatic N) is 1. The van der Waals surface area contributed by atoms with Crippen LogP contribution in [0.5, 0.6) is 0 Å². The lowest BCUT2D eigenvalue weighted by Crippen LogP contribution is -1.99. The molecule has 0 aromatic heterocycles. The molecular weight excluding hydrogens is 393 g/mol. The van der Waals surface area contributed by atoms with Crippen LogP contribution in [0.1, 0.15) is 77.5 Å². The van der Waals surface area contributed by atoms with Gasteiger partial charge in [-0.1, -0.05) is 108 Å². The van der Waals surface area contributed by atoms with Crippen molar-refractivity contribution in [2.24, 2.45) is 10.9 Å². The molecule has 0 aliphatic rings. The number of aliphatic imine (C=N–C) groups is 1. The molecule has 0 bridgehead atoms. The van der Waals surface area contributed by atoms with E-state index in [4.69, 9.17) is 0 Å². The van der Waals surface area contributed by atoms with Crippen LogP contribution in [0.3, 0.4) is 0 Å². The second-order valence-corrected chi connectivity index (χ2v) is 7.37. The monoisotopic (exact) mass is 441 g/mol. The van der Waals surface area contributed by atoms with Gasteiger partial charge in [0, 0.05) is 7.05 Å². The van der Waals surface area contributed by atoms with E-state index in [2.05, 4.69) is 103 Å². The molecular formula is C29H48NP. The van der Waals surface area contributed by atoms with Gasteiger partial charge in [0.2, 0.25) is 0 Å². The summed E-state index contributed by atoms with van der Waals surface area (Å²) >= 11 is 0. The number of rotatable bonds is 8. The van der Waals surface area contributed by atoms with Crippen LogP contribution in [0.25, 0.3) is 5.57 Å². The third-order valence-electron chi connectivity index (χ3n) is 4.97. The van der Waals surface area contributed by atoms with E-state index in [1.165, 1.54) is 47.9 Å². The van der Waals surface area contributed by atoms with E-state index in [9.17, 15) is 0 Å². The zero-order chi connectivity index (χ0) is 24.1. The smallest absolute Gasteiger partial charge is 0.0269 e. The molecule has 31 heavy (non-hydrogen) atoms. The second-order valence-electron chi connectivity index (χ2n) is 7.37. The van der Waals surface area contributed by atoms with E-state index in [0.717, 1.165) is 6.42 Å². The minimum absolute atomic E-state index is 0.604. The fraction of sp³-hybridized carbons (Fsp3) is 0.483. The normalized spacial score (nSPS) is 10.4. The molecule has 0 saturated heterocycles. The molecule has 2 aromatic carbocycles. The summed E-state index contributed by atoms with van der Waals surface area (Å²) in [6.45, 7) is 18.2. The summed E-state index contributed by atoms with van der Waals surface area (Å²) in [6.07, 6.45) is 5.97. The maximum atomic E-state index is 3.25. The third kappa shape index (κ3) is 13.3. The van der Waals surface area contributed by atoms with Crippen LogP contribution in [-0.2, 0) is 12.8 Å². The summed E-state index contributed by atoms with van der Waals surface area (Å²) in [5, 5.41) is 0. The summed E-state index contributed by atoms with van der Waals surface area (Å²) in [6, 6.07) is 19.9. The van der Waals surface area contributed by atoms with Gasteiger partial charge in [0.05, 0.1) is 0 Å². The lowest BCUT2D eigenvalue weighted by atomic mass is 9.89. The van der Waals surface area contributed by atoms with Gasteiger partial charge in [0.1, 0.15) is 0 Å². The average molecular weight is 442 g/mol. The summed E-state index contributed by atoms with van der Waals surface area (Å²) in [5.74, 6) is 0.604. The number of allylic oxidation sites excluding steroid dienone is 2. The van der Waals surface area contributed by atoms with Crippen molar-refractivity contribution in [1.29, 1.82) is 0 Å². The molecule has 1 unspecified atom stereocenters. The Kier molecular flexibility index (Phi) is 21.8. The molecule has 2 rings (SSSR count). The van der Waals surface area contributed by atoms with E-state index >= 15 is 0 Å². The zero-order valence-electron chi connectivity index (χ0n) is 21.5. The van der Waals surface area contributed by atoms with Gasteiger partial charge in [-0.2, -0.15) is 0 Å². The number of hydrogen-bond acceptors (Lipinski definition) is 1. The molecule has 1 nitrogen and oxygen atoms in total. The Morgan fingerprint density at radius 1 is 0.903 bits per heavy atom. The Bertz CT molecular complexity index is 702. The average Bonchev–Trinajstić information content (AvgIpc) is 2.81. The van der Waals surface area contributed by atoms with E-state index in [0.29, 0.717) is 5.92 Å². The first-order chi connectivity index (χ1) is 15.0. The highest BCUT2D eigenvalue weighted by atomic mass is 31.0. The largest absolute Gasteiger partial charge is 0.304 e. The second kappa shape index (κ2) is 21.5. The molecule has 0 aliphatic carbocycles. The van der Waals surface area contributed by atoms with Crippen LogP contribution in [0.15, 0.2) is 65.2 Å². The van der Waals surface area contributed by atoms with Crippen molar-refractivity contribution in [3.8, 4) is 0 Å². The highest BCUT2D eigenvalue weighted by Gasteiger charge is 2.09. The van der Waals surface area contributed by atoms with Gasteiger partial charge >= 0.3 is 0 Å². The quantitative estimate of drug-likeness (QED) is 0.286. The summed E-state index contributed by atoms with van der Waals surface area (Å²) < 4.78 is 0. The van der Waals surface area contributed by atoms with Gasteiger partial charge in [-0.25, -0.2) is 0 Å². The molecule has 0 N–H and O–H groups in total. The van der Waals surface area contributed by atoms with E-state index in [1.807, 2.05) is 20.5 Å². The van der Waals surface area contributed by atoms with Crippen LogP contribution < -0.4 is 0 Å². The fourth-order valence-corrected chi connectivity index (χ4v) is 3.33. The van der Waals surface area contributed by atoms with E-state index in [-0.39, 0.29) is 0 Å². The number of benzene rings is 2. The van der Waals surface area contributed by atoms with Gasteiger partial charge in [-0.15, -0.1) is 9.24 Å². The van der Waals surface area contributed by atoms with Crippen molar-refractivity contribution in [3.63, 3.8) is 0 Å². The molecule has 0 radical (unpaired) electrons. The van der Waals surface area contributed by atoms with Crippen LogP contribution in [0.4, 0.5) is 0 Å². The summed E-state index contributed by atoms with van der Waals surface area (Å²) in [5.41, 5.74) is 7.53. The van der Waals surface area contributed by atoms with Crippen LogP contribution in [0.2, 0.25) is 0 Å². The topological polar surface area (TPSA) is 12.4 Å². The van der Waals surface area contributed by atoms with E-state index < -0.39 is 0 Å². The maximum Gasteiger partial charge on any atom is 0.0269 e. The fourth-order valence-electron chi connectivity index (χ4n) is 3.33. The van der Waals surface area contributed by atoms with Crippen LogP contribution in [-0.4, -0.2) is 20.4 Å². The summed E-state index contributed by atoms with van der Waals surface area (Å²) in [4.78, 5) is 3.25. The SMILES string of the molecule is C=NC.CC.CCCc1ccccc1CCC/C(=C(\C)C(C)C)c1ccccc1.CP. The maximum absolute atomic E-state index is 3.25. The van der Waals surface area contributed by atoms with Crippen molar-refractivity contribution in [2.45, 2.75) is 73.6 Å². The molecule has 0 spiro atoms. The Balaban J connectivity index is 0. The van der Waals surface area contributed by atoms with Crippen molar-refractivity contribution in [1.82, 2.24) is 0 Å². The third-order valence-corrected chi connectivity index (χ3v) is 4.97. The molecule has 2 heteroatoms. The van der Waals surface area contributed by atoms with Crippen molar-refractivity contribution < 1.29 is 0 Å². The summed E-state index contributed by atoms with van der Waals surface area (Å²) in [7, 11) is 4.06. The first kappa shape index (κ1) is 31.5. The Morgan fingerprint density at radius 3 is 1.81 bits per heavy atom. The zero-order valence-corrected chi connectivity index (χ0v) is 22.7. The standard InChI is InChI=1S/C24H32.C2H5N.C2H6.CH5P/c1-5-12-21-13-9-10-14-22(21)17-11-18-24(20(4)19(2)3)23-15-7-6-8-16-23;1-3-2;2*1-2/h6-10,13-16,19H,5,11-12,17-18H2,1-4H3;1H2,2H3;1-2H3;2H2,1H3/b24-20-;;;. The highest BCUT2D eigenvalue weighted by Crippen LogP contribution is 2.28. The van der Waals surface area contributed by atoms with Gasteiger partial charge in [0.15, 0.2) is 0 Å². The van der Waals surface area contributed by atoms with Crippen molar-refractivity contribution in [3.05, 3.63) is 76.9 Å². The Hall–Kier alpha value is -1.72. The molecule has 2 aromatic rings. The first-order valence-electron chi connectivity index (χ1n) is 11.8. The Labute approximate surface area is 196 Å². The van der Waals surface area contributed by atoms with Gasteiger partial charge in [-0.05, 0) is 67.5 Å². The van der Waals surface area contributed by atoms with Gasteiger partial charge in [-0.3, -0.25) is 0 Å². The molecule has 1 atom stereocenters. The Morgan fingerprint density at radius 2 is 1.35 bits per heavy atom. The van der Waals surface area contributed by atoms with Gasteiger partial charge < -0.3 is 4.99 Å². The highest BCUT2D eigenvalue weighted by molar-refractivity contribution is 7.15. The van der Waals surface area contributed by atoms with Crippen LogP contribution >= 0.6 is 9.24 Å². The molecule has 0 aliphatic heterocycles. The molecule has 174 valence electrons. The van der Waals surface area contributed by atoms with Gasteiger partial charge in [0.25, 0.3) is 0 Å². The number of hydrogen-bond donors (Lipinski definition) is 0. The van der Waals surface area contributed by atoms with Crippen molar-refractivity contribution >= 4 is 21.5 Å². The molecule has 0 fully saturated rings. The minimum atomic E-state index is 0.604. The molecule has 0 saturated carbocycles. The lowest BCUT2D eigenvalue weighted by molar-refractivity contribution is 0.756. The minimum Gasteiger partial charge on any atom is -0.304 e. The molecule has 0 amide bonds. The number of aryl methyl sites for hydroxylation is 2. The van der Waals surface area contributed by atoms with Crippen molar-refractivity contribution in [2.75, 3.05) is 13.7 Å². The van der Waals surface area contributed by atoms with E-state index in [1.54, 1.807) is 12.6 Å². The lowest BCUT2D eigenvalue weighted by Gasteiger charge is -2.16. The predicted molar refractivity (Wildman–Crippen MR) is 150 cm³/mol. The van der Waals surface area contributed by atoms with Crippen LogP contribution in [0, 0.1) is 5.92 Å².